The largest absolute Gasteiger partial charge is 0.330 e. The molecule has 0 saturated heterocycles. The van der Waals surface area contributed by atoms with Crippen LogP contribution in [0.4, 0.5) is 0 Å². The second-order valence-corrected chi connectivity index (χ2v) is 7.75. The van der Waals surface area contributed by atoms with Gasteiger partial charge in [0.25, 0.3) is 0 Å². The third-order valence-electron chi connectivity index (χ3n) is 2.84. The fourth-order valence-electron chi connectivity index (χ4n) is 1.73. The van der Waals surface area contributed by atoms with Crippen molar-refractivity contribution in [2.75, 3.05) is 6.54 Å². The van der Waals surface area contributed by atoms with Crippen LogP contribution in [0.2, 0.25) is 0 Å². The first kappa shape index (κ1) is 15.6. The van der Waals surface area contributed by atoms with Gasteiger partial charge in [0, 0.05) is 10.9 Å². The second-order valence-electron chi connectivity index (χ2n) is 4.64. The second kappa shape index (κ2) is 6.65. The van der Waals surface area contributed by atoms with Crippen molar-refractivity contribution in [1.82, 2.24) is 4.72 Å². The van der Waals surface area contributed by atoms with Crippen LogP contribution >= 0.6 is 11.3 Å². The van der Waals surface area contributed by atoms with Gasteiger partial charge in [-0.1, -0.05) is 20.8 Å². The Bertz CT molecular complexity index is 466. The number of hydrogen-bond acceptors (Lipinski definition) is 4. The molecule has 1 aromatic heterocycles. The van der Waals surface area contributed by atoms with E-state index in [9.17, 15) is 8.42 Å². The minimum atomic E-state index is -3.39. The summed E-state index contributed by atoms with van der Waals surface area (Å²) in [6.45, 7) is 6.56. The summed E-state index contributed by atoms with van der Waals surface area (Å²) in [6.07, 6.45) is 1.51. The zero-order chi connectivity index (χ0) is 13.8. The van der Waals surface area contributed by atoms with Gasteiger partial charge in [0.2, 0.25) is 10.0 Å². The highest BCUT2D eigenvalue weighted by atomic mass is 32.2. The predicted molar refractivity (Wildman–Crippen MR) is 76.3 cm³/mol. The molecule has 1 heterocycles. The van der Waals surface area contributed by atoms with Gasteiger partial charge in [-0.05, 0) is 37.4 Å². The van der Waals surface area contributed by atoms with Crippen molar-refractivity contribution in [1.29, 1.82) is 0 Å². The van der Waals surface area contributed by atoms with Gasteiger partial charge in [0.1, 0.15) is 4.21 Å². The number of nitrogens with two attached hydrogens (primary N) is 1. The van der Waals surface area contributed by atoms with Crippen LogP contribution in [0.1, 0.15) is 32.1 Å². The van der Waals surface area contributed by atoms with Gasteiger partial charge in [-0.2, -0.15) is 0 Å². The molecule has 3 N–H and O–H groups in total. The minimum absolute atomic E-state index is 0.0185. The first-order chi connectivity index (χ1) is 8.40. The summed E-state index contributed by atoms with van der Waals surface area (Å²) in [5.74, 6) is 0.285. The molecule has 104 valence electrons. The summed E-state index contributed by atoms with van der Waals surface area (Å²) < 4.78 is 27.5. The van der Waals surface area contributed by atoms with Gasteiger partial charge in [-0.15, -0.1) is 11.3 Å². The summed E-state index contributed by atoms with van der Waals surface area (Å²) in [5.41, 5.74) is 5.46. The zero-order valence-corrected chi connectivity index (χ0v) is 12.8. The molecule has 1 atom stereocenters. The van der Waals surface area contributed by atoms with Gasteiger partial charge in [-0.3, -0.25) is 0 Å². The highest BCUT2D eigenvalue weighted by Crippen LogP contribution is 2.22. The molecule has 0 aliphatic carbocycles. The van der Waals surface area contributed by atoms with Crippen LogP contribution in [0.25, 0.3) is 0 Å². The molecule has 0 aliphatic rings. The molecule has 0 saturated carbocycles. The molecule has 4 nitrogen and oxygen atoms in total. The van der Waals surface area contributed by atoms with E-state index in [-0.39, 0.29) is 12.0 Å². The Kier molecular flexibility index (Phi) is 5.78. The van der Waals surface area contributed by atoms with Crippen molar-refractivity contribution in [3.8, 4) is 0 Å². The monoisotopic (exact) mass is 290 g/mol. The fraction of sp³-hybridized carbons (Fsp3) is 0.667. The van der Waals surface area contributed by atoms with E-state index in [1.165, 1.54) is 11.3 Å². The van der Waals surface area contributed by atoms with Gasteiger partial charge in [-0.25, -0.2) is 13.1 Å². The molecule has 0 amide bonds. The minimum Gasteiger partial charge on any atom is -0.330 e. The van der Waals surface area contributed by atoms with Crippen molar-refractivity contribution >= 4 is 21.4 Å². The number of sulfonamides is 1. The lowest BCUT2D eigenvalue weighted by atomic mass is 10.0. The fourth-order valence-corrected chi connectivity index (χ4v) is 4.58. The number of hydrogen-bond donors (Lipinski definition) is 2. The van der Waals surface area contributed by atoms with Crippen molar-refractivity contribution in [3.63, 3.8) is 0 Å². The highest BCUT2D eigenvalue weighted by molar-refractivity contribution is 7.91. The SMILES string of the molecule is CCC(NS(=O)(=O)c1ccc(CCN)s1)C(C)C. The normalized spacial score (nSPS) is 14.1. The van der Waals surface area contributed by atoms with E-state index in [2.05, 4.69) is 4.72 Å². The maximum absolute atomic E-state index is 12.2. The Hall–Kier alpha value is -0.430. The van der Waals surface area contributed by atoms with E-state index < -0.39 is 10.0 Å². The molecule has 18 heavy (non-hydrogen) atoms. The molecule has 1 aromatic rings. The van der Waals surface area contributed by atoms with Crippen LogP contribution in [-0.4, -0.2) is 21.0 Å². The summed E-state index contributed by atoms with van der Waals surface area (Å²) in [7, 11) is -3.39. The van der Waals surface area contributed by atoms with Crippen LogP contribution < -0.4 is 10.5 Å². The van der Waals surface area contributed by atoms with E-state index in [0.717, 1.165) is 17.7 Å². The standard InChI is InChI=1S/C12H22N2O2S2/c1-4-11(9(2)3)14-18(15,16)12-6-5-10(17-12)7-8-13/h5-6,9,11,14H,4,7-8,13H2,1-3H3. The first-order valence-electron chi connectivity index (χ1n) is 6.21. The summed E-state index contributed by atoms with van der Waals surface area (Å²) in [5, 5.41) is 0. The smallest absolute Gasteiger partial charge is 0.250 e. The summed E-state index contributed by atoms with van der Waals surface area (Å²) in [6, 6.07) is 3.48. The Morgan fingerprint density at radius 2 is 2.06 bits per heavy atom. The van der Waals surface area contributed by atoms with E-state index in [1.807, 2.05) is 26.8 Å². The average Bonchev–Trinajstić information content (AvgIpc) is 2.75. The Labute approximate surface area is 114 Å². The van der Waals surface area contributed by atoms with E-state index in [4.69, 9.17) is 5.73 Å². The van der Waals surface area contributed by atoms with Crippen LogP contribution in [0, 0.1) is 5.92 Å². The van der Waals surface area contributed by atoms with Gasteiger partial charge in [0.15, 0.2) is 0 Å². The van der Waals surface area contributed by atoms with Crippen molar-refractivity contribution in [2.24, 2.45) is 11.7 Å². The van der Waals surface area contributed by atoms with E-state index in [1.54, 1.807) is 6.07 Å². The molecule has 0 radical (unpaired) electrons. The Morgan fingerprint density at radius 3 is 2.56 bits per heavy atom. The molecule has 1 unspecified atom stereocenters. The van der Waals surface area contributed by atoms with Crippen molar-refractivity contribution < 1.29 is 8.42 Å². The van der Waals surface area contributed by atoms with Crippen LogP contribution in [0.5, 0.6) is 0 Å². The number of rotatable bonds is 7. The number of nitrogens with one attached hydrogen (secondary N) is 1. The molecular formula is C12H22N2O2S2. The molecule has 6 heteroatoms. The first-order valence-corrected chi connectivity index (χ1v) is 8.51. The van der Waals surface area contributed by atoms with Crippen LogP contribution in [0.15, 0.2) is 16.3 Å². The molecular weight excluding hydrogens is 268 g/mol. The molecule has 0 fully saturated rings. The van der Waals surface area contributed by atoms with Gasteiger partial charge >= 0.3 is 0 Å². The molecule has 1 rings (SSSR count). The lowest BCUT2D eigenvalue weighted by Crippen LogP contribution is -2.37. The molecule has 0 spiro atoms. The lowest BCUT2D eigenvalue weighted by Gasteiger charge is -2.19. The quantitative estimate of drug-likeness (QED) is 0.806. The van der Waals surface area contributed by atoms with Gasteiger partial charge < -0.3 is 5.73 Å². The maximum atomic E-state index is 12.2. The summed E-state index contributed by atoms with van der Waals surface area (Å²) in [4.78, 5) is 1.01. The topological polar surface area (TPSA) is 72.2 Å². The average molecular weight is 290 g/mol. The lowest BCUT2D eigenvalue weighted by molar-refractivity contribution is 0.438. The van der Waals surface area contributed by atoms with Crippen LogP contribution in [0.3, 0.4) is 0 Å². The Morgan fingerprint density at radius 1 is 1.39 bits per heavy atom. The third kappa shape index (κ3) is 4.05. The van der Waals surface area contributed by atoms with E-state index >= 15 is 0 Å². The molecule has 0 aromatic carbocycles. The predicted octanol–water partition coefficient (Wildman–Crippen LogP) is 1.96. The van der Waals surface area contributed by atoms with Crippen molar-refractivity contribution in [2.45, 2.75) is 43.9 Å². The maximum Gasteiger partial charge on any atom is 0.250 e. The molecule has 0 aliphatic heterocycles. The molecule has 0 bridgehead atoms. The van der Waals surface area contributed by atoms with E-state index in [0.29, 0.717) is 10.8 Å². The number of thiophene rings is 1. The highest BCUT2D eigenvalue weighted by Gasteiger charge is 2.22. The van der Waals surface area contributed by atoms with Crippen molar-refractivity contribution in [3.05, 3.63) is 17.0 Å². The Balaban J connectivity index is 2.85. The third-order valence-corrected chi connectivity index (χ3v) is 5.97. The zero-order valence-electron chi connectivity index (χ0n) is 11.1. The van der Waals surface area contributed by atoms with Gasteiger partial charge in [0.05, 0.1) is 0 Å². The van der Waals surface area contributed by atoms with Crippen LogP contribution in [-0.2, 0) is 16.4 Å². The summed E-state index contributed by atoms with van der Waals surface area (Å²) >= 11 is 1.30.